The van der Waals surface area contributed by atoms with E-state index in [9.17, 15) is 9.59 Å². The quantitative estimate of drug-likeness (QED) is 0.642. The fourth-order valence-electron chi connectivity index (χ4n) is 2.08. The van der Waals surface area contributed by atoms with Crippen LogP contribution in [0.25, 0.3) is 0 Å². The Morgan fingerprint density at radius 3 is 2.32 bits per heavy atom. The molecule has 1 saturated carbocycles. The molecule has 19 heavy (non-hydrogen) atoms. The number of nitrogens with one attached hydrogen (secondary N) is 1. The van der Waals surface area contributed by atoms with Gasteiger partial charge >= 0.3 is 5.97 Å². The number of hydrogen-bond donors (Lipinski definition) is 1. The Kier molecular flexibility index (Phi) is 6.84. The Labute approximate surface area is 115 Å². The van der Waals surface area contributed by atoms with Crippen molar-refractivity contribution >= 4 is 11.9 Å². The maximum Gasteiger partial charge on any atom is 0.320 e. The van der Waals surface area contributed by atoms with E-state index in [1.807, 2.05) is 4.90 Å². The zero-order valence-corrected chi connectivity index (χ0v) is 12.3. The lowest BCUT2D eigenvalue weighted by Crippen LogP contribution is -2.44. The topological polar surface area (TPSA) is 58.6 Å². The molecule has 0 bridgehead atoms. The summed E-state index contributed by atoms with van der Waals surface area (Å²) in [5.41, 5.74) is 0. The first kappa shape index (κ1) is 16.0. The summed E-state index contributed by atoms with van der Waals surface area (Å²) in [4.78, 5) is 25.4. The highest BCUT2D eigenvalue weighted by Crippen LogP contribution is 2.26. The summed E-state index contributed by atoms with van der Waals surface area (Å²) in [6.45, 7) is 6.81. The van der Waals surface area contributed by atoms with Gasteiger partial charge in [-0.25, -0.2) is 0 Å². The number of rotatable bonds is 9. The maximum atomic E-state index is 11.9. The number of ether oxygens (including phenoxy) is 1. The number of carbonyl (C=O) groups excluding carboxylic acids is 2. The van der Waals surface area contributed by atoms with Crippen LogP contribution in [0, 0.1) is 0 Å². The number of nitrogens with zero attached hydrogens (tertiary/aromatic N) is 1. The number of hydrogen-bond acceptors (Lipinski definition) is 4. The van der Waals surface area contributed by atoms with Gasteiger partial charge in [-0.2, -0.15) is 0 Å². The first-order valence-electron chi connectivity index (χ1n) is 7.29. The smallest absolute Gasteiger partial charge is 0.320 e. The SMILES string of the molecule is CCOC(=O)CN(CC(=O)NC(CC)CC)C1CC1. The molecule has 5 nitrogen and oxygen atoms in total. The van der Waals surface area contributed by atoms with Gasteiger partial charge in [0.05, 0.1) is 19.7 Å². The highest BCUT2D eigenvalue weighted by Gasteiger charge is 2.32. The molecule has 0 aliphatic heterocycles. The van der Waals surface area contributed by atoms with E-state index in [1.54, 1.807) is 6.92 Å². The van der Waals surface area contributed by atoms with Crippen LogP contribution in [0.2, 0.25) is 0 Å². The third-order valence-corrected chi connectivity index (χ3v) is 3.40. The third kappa shape index (κ3) is 6.05. The molecule has 1 aliphatic carbocycles. The van der Waals surface area contributed by atoms with Crippen molar-refractivity contribution in [3.8, 4) is 0 Å². The Bertz CT molecular complexity index is 299. The molecule has 0 atom stereocenters. The van der Waals surface area contributed by atoms with Crippen molar-refractivity contribution in [3.05, 3.63) is 0 Å². The van der Waals surface area contributed by atoms with Crippen LogP contribution in [0.5, 0.6) is 0 Å². The largest absolute Gasteiger partial charge is 0.465 e. The molecule has 0 aromatic carbocycles. The van der Waals surface area contributed by atoms with Crippen LogP contribution in [0.1, 0.15) is 46.5 Å². The molecule has 1 aliphatic rings. The van der Waals surface area contributed by atoms with Crippen LogP contribution in [0.15, 0.2) is 0 Å². The molecule has 0 heterocycles. The Balaban J connectivity index is 2.40. The summed E-state index contributed by atoms with van der Waals surface area (Å²) in [6, 6.07) is 0.605. The molecule has 1 rings (SSSR count). The number of carbonyl (C=O) groups is 2. The minimum Gasteiger partial charge on any atom is -0.465 e. The Morgan fingerprint density at radius 2 is 1.84 bits per heavy atom. The molecular weight excluding hydrogens is 244 g/mol. The van der Waals surface area contributed by atoms with E-state index >= 15 is 0 Å². The van der Waals surface area contributed by atoms with Crippen LogP contribution in [0.3, 0.4) is 0 Å². The molecule has 0 radical (unpaired) electrons. The van der Waals surface area contributed by atoms with E-state index in [0.717, 1.165) is 25.7 Å². The Morgan fingerprint density at radius 1 is 1.21 bits per heavy atom. The normalized spacial score (nSPS) is 14.8. The average molecular weight is 270 g/mol. The van der Waals surface area contributed by atoms with E-state index in [2.05, 4.69) is 19.2 Å². The van der Waals surface area contributed by atoms with Gasteiger partial charge in [0.1, 0.15) is 0 Å². The van der Waals surface area contributed by atoms with Crippen molar-refractivity contribution in [1.82, 2.24) is 10.2 Å². The van der Waals surface area contributed by atoms with Crippen LogP contribution in [0.4, 0.5) is 0 Å². The minimum absolute atomic E-state index is 0.00454. The Hall–Kier alpha value is -1.10. The van der Waals surface area contributed by atoms with Gasteiger partial charge in [-0.3, -0.25) is 14.5 Å². The van der Waals surface area contributed by atoms with Gasteiger partial charge in [-0.15, -0.1) is 0 Å². The molecule has 0 aromatic rings. The zero-order valence-electron chi connectivity index (χ0n) is 12.3. The highest BCUT2D eigenvalue weighted by atomic mass is 16.5. The second-order valence-electron chi connectivity index (χ2n) is 5.02. The molecule has 1 amide bonds. The fourth-order valence-corrected chi connectivity index (χ4v) is 2.08. The molecule has 1 fully saturated rings. The molecule has 0 saturated heterocycles. The summed E-state index contributed by atoms with van der Waals surface area (Å²) < 4.78 is 4.94. The zero-order chi connectivity index (χ0) is 14.3. The van der Waals surface area contributed by atoms with Crippen LogP contribution in [-0.2, 0) is 14.3 Å². The van der Waals surface area contributed by atoms with Gasteiger partial charge in [0, 0.05) is 12.1 Å². The molecule has 5 heteroatoms. The lowest BCUT2D eigenvalue weighted by molar-refractivity contribution is -0.144. The molecule has 1 N–H and O–H groups in total. The van der Waals surface area contributed by atoms with E-state index in [4.69, 9.17) is 4.74 Å². The van der Waals surface area contributed by atoms with Crippen molar-refractivity contribution in [2.45, 2.75) is 58.5 Å². The van der Waals surface area contributed by atoms with E-state index in [-0.39, 0.29) is 24.5 Å². The lowest BCUT2D eigenvalue weighted by atomic mass is 10.2. The lowest BCUT2D eigenvalue weighted by Gasteiger charge is -2.22. The average Bonchev–Trinajstić information content (AvgIpc) is 3.19. The summed E-state index contributed by atoms with van der Waals surface area (Å²) in [7, 11) is 0. The number of esters is 1. The third-order valence-electron chi connectivity index (χ3n) is 3.40. The summed E-state index contributed by atoms with van der Waals surface area (Å²) in [5, 5.41) is 3.00. The molecule has 110 valence electrons. The van der Waals surface area contributed by atoms with E-state index < -0.39 is 0 Å². The highest BCUT2D eigenvalue weighted by molar-refractivity contribution is 5.79. The first-order chi connectivity index (χ1) is 9.10. The van der Waals surface area contributed by atoms with Gasteiger partial charge in [-0.05, 0) is 32.6 Å². The predicted octanol–water partition coefficient (Wildman–Crippen LogP) is 1.32. The standard InChI is InChI=1S/C14H26N2O3/c1-4-11(5-2)15-13(17)9-16(12-7-8-12)10-14(18)19-6-3/h11-12H,4-10H2,1-3H3,(H,15,17). The van der Waals surface area contributed by atoms with Crippen molar-refractivity contribution in [1.29, 1.82) is 0 Å². The van der Waals surface area contributed by atoms with Gasteiger partial charge in [0.2, 0.25) is 5.91 Å². The second-order valence-corrected chi connectivity index (χ2v) is 5.02. The maximum absolute atomic E-state index is 11.9. The van der Waals surface area contributed by atoms with Gasteiger partial charge in [-0.1, -0.05) is 13.8 Å². The second kappa shape index (κ2) is 8.15. The molecule has 0 aromatic heterocycles. The fraction of sp³-hybridized carbons (Fsp3) is 0.857. The van der Waals surface area contributed by atoms with Crippen molar-refractivity contribution in [2.75, 3.05) is 19.7 Å². The van der Waals surface area contributed by atoms with Crippen LogP contribution in [-0.4, -0.2) is 48.6 Å². The summed E-state index contributed by atoms with van der Waals surface area (Å²) in [6.07, 6.45) is 4.00. The molecule has 0 spiro atoms. The number of amides is 1. The summed E-state index contributed by atoms with van der Waals surface area (Å²) >= 11 is 0. The van der Waals surface area contributed by atoms with Gasteiger partial charge < -0.3 is 10.1 Å². The summed E-state index contributed by atoms with van der Waals surface area (Å²) in [5.74, 6) is -0.241. The monoisotopic (exact) mass is 270 g/mol. The first-order valence-corrected chi connectivity index (χ1v) is 7.29. The van der Waals surface area contributed by atoms with Crippen LogP contribution < -0.4 is 5.32 Å². The van der Waals surface area contributed by atoms with Crippen molar-refractivity contribution in [3.63, 3.8) is 0 Å². The predicted molar refractivity (Wildman–Crippen MR) is 73.7 cm³/mol. The van der Waals surface area contributed by atoms with Crippen molar-refractivity contribution < 1.29 is 14.3 Å². The van der Waals surface area contributed by atoms with Crippen molar-refractivity contribution in [2.24, 2.45) is 0 Å². The minimum atomic E-state index is -0.246. The molecule has 0 unspecified atom stereocenters. The van der Waals surface area contributed by atoms with Gasteiger partial charge in [0.15, 0.2) is 0 Å². The van der Waals surface area contributed by atoms with E-state index in [1.165, 1.54) is 0 Å². The van der Waals surface area contributed by atoms with Gasteiger partial charge in [0.25, 0.3) is 0 Å². The molecular formula is C14H26N2O3. The van der Waals surface area contributed by atoms with E-state index in [0.29, 0.717) is 19.2 Å². The van der Waals surface area contributed by atoms with Crippen LogP contribution >= 0.6 is 0 Å².